The van der Waals surface area contributed by atoms with Gasteiger partial charge in [0, 0.05) is 18.7 Å². The minimum absolute atomic E-state index is 0.0546. The zero-order chi connectivity index (χ0) is 20.7. The lowest BCUT2D eigenvalue weighted by Gasteiger charge is -2.12. The molecule has 9 heteroatoms. The van der Waals surface area contributed by atoms with Crippen LogP contribution in [0.25, 0.3) is 0 Å². The van der Waals surface area contributed by atoms with Gasteiger partial charge in [-0.2, -0.15) is 0 Å². The van der Waals surface area contributed by atoms with E-state index >= 15 is 0 Å². The van der Waals surface area contributed by atoms with Gasteiger partial charge >= 0.3 is 23.9 Å². The fourth-order valence-electron chi connectivity index (χ4n) is 2.27. The molecule has 28 heavy (non-hydrogen) atoms. The fraction of sp³-hybridized carbons (Fsp3) is 0.158. The van der Waals surface area contributed by atoms with Crippen molar-refractivity contribution in [2.24, 2.45) is 0 Å². The maximum atomic E-state index is 12.3. The third-order valence-electron chi connectivity index (χ3n) is 3.45. The number of rotatable bonds is 5. The van der Waals surface area contributed by atoms with Crippen LogP contribution >= 0.6 is 0 Å². The van der Waals surface area contributed by atoms with Gasteiger partial charge in [0.05, 0.1) is 31.0 Å². The molecule has 0 aliphatic rings. The Morgan fingerprint density at radius 1 is 0.857 bits per heavy atom. The average Bonchev–Trinajstić information content (AvgIpc) is 2.66. The molecule has 0 saturated carbocycles. The van der Waals surface area contributed by atoms with Gasteiger partial charge in [-0.3, -0.25) is 4.79 Å². The van der Waals surface area contributed by atoms with Gasteiger partial charge in [-0.15, -0.1) is 0 Å². The zero-order valence-electron chi connectivity index (χ0n) is 15.4. The second kappa shape index (κ2) is 9.17. The second-order valence-electron chi connectivity index (χ2n) is 5.44. The molecule has 9 nitrogen and oxygen atoms in total. The summed E-state index contributed by atoms with van der Waals surface area (Å²) >= 11 is 0. The number of urea groups is 1. The number of carbonyl (C=O) groups is 4. The van der Waals surface area contributed by atoms with E-state index in [1.165, 1.54) is 45.4 Å². The summed E-state index contributed by atoms with van der Waals surface area (Å²) in [6.45, 7) is 1.26. The molecule has 0 heterocycles. The molecular formula is C19H18N2O7. The second-order valence-corrected chi connectivity index (χ2v) is 5.44. The lowest BCUT2D eigenvalue weighted by Crippen LogP contribution is -2.21. The van der Waals surface area contributed by atoms with Crippen LogP contribution in [0, 0.1) is 0 Å². The van der Waals surface area contributed by atoms with Crippen LogP contribution in [-0.2, 0) is 14.3 Å². The normalized spacial score (nSPS) is 9.82. The highest BCUT2D eigenvalue weighted by molar-refractivity contribution is 6.06. The lowest BCUT2D eigenvalue weighted by molar-refractivity contribution is -0.131. The highest BCUT2D eigenvalue weighted by Gasteiger charge is 2.17. The third-order valence-corrected chi connectivity index (χ3v) is 3.45. The van der Waals surface area contributed by atoms with Gasteiger partial charge in [0.25, 0.3) is 0 Å². The van der Waals surface area contributed by atoms with Crippen LogP contribution in [0.2, 0.25) is 0 Å². The van der Waals surface area contributed by atoms with Crippen molar-refractivity contribution >= 4 is 35.3 Å². The first-order chi connectivity index (χ1) is 13.3. The summed E-state index contributed by atoms with van der Waals surface area (Å²) in [6, 6.07) is 9.51. The van der Waals surface area contributed by atoms with E-state index in [1.54, 1.807) is 18.2 Å². The molecule has 2 rings (SSSR count). The van der Waals surface area contributed by atoms with Crippen LogP contribution in [0.1, 0.15) is 27.6 Å². The summed E-state index contributed by atoms with van der Waals surface area (Å²) in [4.78, 5) is 47.0. The number of benzene rings is 2. The van der Waals surface area contributed by atoms with Crippen molar-refractivity contribution in [3.63, 3.8) is 0 Å². The lowest BCUT2D eigenvalue weighted by atomic mass is 10.1. The van der Waals surface area contributed by atoms with Crippen molar-refractivity contribution < 1.29 is 33.4 Å². The van der Waals surface area contributed by atoms with E-state index in [1.807, 2.05) is 0 Å². The smallest absolute Gasteiger partial charge is 0.339 e. The Kier molecular flexibility index (Phi) is 6.69. The van der Waals surface area contributed by atoms with Crippen LogP contribution in [0.4, 0.5) is 16.2 Å². The minimum atomic E-state index is -0.691. The number of methoxy groups -OCH3 is 2. The number of nitrogens with one attached hydrogen (secondary N) is 2. The van der Waals surface area contributed by atoms with Crippen molar-refractivity contribution in [1.82, 2.24) is 0 Å². The van der Waals surface area contributed by atoms with E-state index in [4.69, 9.17) is 4.74 Å². The Bertz CT molecular complexity index is 924. The summed E-state index contributed by atoms with van der Waals surface area (Å²) in [5.41, 5.74) is 0.602. The minimum Gasteiger partial charge on any atom is -0.465 e. The number of ether oxygens (including phenoxy) is 3. The highest BCUT2D eigenvalue weighted by atomic mass is 16.5. The van der Waals surface area contributed by atoms with Gasteiger partial charge in [-0.1, -0.05) is 6.07 Å². The molecule has 0 fully saturated rings. The van der Waals surface area contributed by atoms with Gasteiger partial charge in [0.2, 0.25) is 0 Å². The van der Waals surface area contributed by atoms with E-state index in [0.29, 0.717) is 5.69 Å². The Hall–Kier alpha value is -3.88. The number of esters is 3. The van der Waals surface area contributed by atoms with Crippen molar-refractivity contribution in [2.45, 2.75) is 6.92 Å². The topological polar surface area (TPSA) is 120 Å². The molecule has 2 N–H and O–H groups in total. The van der Waals surface area contributed by atoms with Crippen LogP contribution in [-0.4, -0.2) is 38.2 Å². The average molecular weight is 386 g/mol. The number of anilines is 2. The Morgan fingerprint density at radius 3 is 2.21 bits per heavy atom. The first kappa shape index (κ1) is 20.4. The summed E-state index contributed by atoms with van der Waals surface area (Å²) in [5.74, 6) is -1.56. The molecule has 146 valence electrons. The molecule has 0 saturated heterocycles. The molecule has 0 atom stereocenters. The molecule has 0 spiro atoms. The van der Waals surface area contributed by atoms with Crippen LogP contribution in [0.5, 0.6) is 5.75 Å². The maximum Gasteiger partial charge on any atom is 0.339 e. The molecule has 2 amide bonds. The number of carbonyl (C=O) groups excluding carboxylic acids is 4. The largest absolute Gasteiger partial charge is 0.465 e. The number of amides is 2. The predicted molar refractivity (Wildman–Crippen MR) is 99.5 cm³/mol. The van der Waals surface area contributed by atoms with E-state index < -0.39 is 23.9 Å². The van der Waals surface area contributed by atoms with Crippen LogP contribution in [0.3, 0.4) is 0 Å². The number of hydrogen-bond acceptors (Lipinski definition) is 7. The molecule has 0 aliphatic carbocycles. The van der Waals surface area contributed by atoms with Crippen molar-refractivity contribution in [3.8, 4) is 5.75 Å². The van der Waals surface area contributed by atoms with Crippen molar-refractivity contribution in [2.75, 3.05) is 24.9 Å². The molecular weight excluding hydrogens is 368 g/mol. The molecule has 2 aromatic rings. The quantitative estimate of drug-likeness (QED) is 0.599. The number of hydrogen-bond donors (Lipinski definition) is 2. The zero-order valence-corrected chi connectivity index (χ0v) is 15.4. The van der Waals surface area contributed by atoms with Crippen molar-refractivity contribution in [3.05, 3.63) is 53.6 Å². The van der Waals surface area contributed by atoms with Gasteiger partial charge in [0.15, 0.2) is 0 Å². The van der Waals surface area contributed by atoms with E-state index in [-0.39, 0.29) is 22.6 Å². The molecule has 0 bridgehead atoms. The molecule has 0 aliphatic heterocycles. The first-order valence-electron chi connectivity index (χ1n) is 8.01. The van der Waals surface area contributed by atoms with Gasteiger partial charge in [-0.05, 0) is 30.3 Å². The SMILES string of the molecule is COC(=O)c1ccc(C(=O)OC)c(NC(=O)Nc2cccc(OC(C)=O)c2)c1. The first-order valence-corrected chi connectivity index (χ1v) is 8.01. The van der Waals surface area contributed by atoms with E-state index in [2.05, 4.69) is 20.1 Å². The van der Waals surface area contributed by atoms with Crippen LogP contribution < -0.4 is 15.4 Å². The van der Waals surface area contributed by atoms with E-state index in [0.717, 1.165) is 0 Å². The van der Waals surface area contributed by atoms with Crippen LogP contribution in [0.15, 0.2) is 42.5 Å². The Labute approximate surface area is 160 Å². The van der Waals surface area contributed by atoms with Gasteiger partial charge < -0.3 is 24.8 Å². The molecule has 0 radical (unpaired) electrons. The molecule has 2 aromatic carbocycles. The Morgan fingerprint density at radius 2 is 1.57 bits per heavy atom. The highest BCUT2D eigenvalue weighted by Crippen LogP contribution is 2.21. The molecule has 0 unspecified atom stereocenters. The summed E-state index contributed by atoms with van der Waals surface area (Å²) in [7, 11) is 2.41. The summed E-state index contributed by atoms with van der Waals surface area (Å²) in [6.07, 6.45) is 0. The predicted octanol–water partition coefficient (Wildman–Crippen LogP) is 2.83. The molecule has 0 aromatic heterocycles. The summed E-state index contributed by atoms with van der Waals surface area (Å²) in [5, 5.41) is 5.03. The van der Waals surface area contributed by atoms with Gasteiger partial charge in [-0.25, -0.2) is 14.4 Å². The summed E-state index contributed by atoms with van der Waals surface area (Å²) < 4.78 is 14.3. The Balaban J connectivity index is 2.23. The van der Waals surface area contributed by atoms with E-state index in [9.17, 15) is 19.2 Å². The van der Waals surface area contributed by atoms with Gasteiger partial charge in [0.1, 0.15) is 5.75 Å². The standard InChI is InChI=1S/C19H18N2O7/c1-11(22)28-14-6-4-5-13(10-14)20-19(25)21-16-9-12(17(23)26-2)7-8-15(16)18(24)27-3/h4-10H,1-3H3,(H2,20,21,25). The third kappa shape index (κ3) is 5.31. The monoisotopic (exact) mass is 386 g/mol. The van der Waals surface area contributed by atoms with Crippen molar-refractivity contribution in [1.29, 1.82) is 0 Å². The fourth-order valence-corrected chi connectivity index (χ4v) is 2.27. The maximum absolute atomic E-state index is 12.3.